The second kappa shape index (κ2) is 6.80. The lowest BCUT2D eigenvalue weighted by atomic mass is 9.69. The predicted molar refractivity (Wildman–Crippen MR) is 87.6 cm³/mol. The minimum absolute atomic E-state index is 0.245. The number of rotatable bonds is 4. The highest BCUT2D eigenvalue weighted by atomic mass is 16.5. The van der Waals surface area contributed by atoms with Gasteiger partial charge in [-0.2, -0.15) is 5.26 Å². The summed E-state index contributed by atoms with van der Waals surface area (Å²) < 4.78 is 11.6. The molecule has 1 aromatic carbocycles. The average Bonchev–Trinajstić information content (AvgIpc) is 3.07. The van der Waals surface area contributed by atoms with Crippen molar-refractivity contribution in [2.75, 3.05) is 7.11 Å². The van der Waals surface area contributed by atoms with E-state index in [9.17, 15) is 10.4 Å². The van der Waals surface area contributed by atoms with Crippen LogP contribution in [0, 0.1) is 11.3 Å². The number of aliphatic hydroxyl groups excluding tert-OH is 1. The maximum Gasteiger partial charge on any atom is 0.161 e. The zero-order valence-electron chi connectivity index (χ0n) is 13.8. The molecule has 23 heavy (non-hydrogen) atoms. The fourth-order valence-corrected chi connectivity index (χ4v) is 3.93. The van der Waals surface area contributed by atoms with Gasteiger partial charge in [0.1, 0.15) is 0 Å². The normalized spacial score (nSPS) is 28.3. The quantitative estimate of drug-likeness (QED) is 0.920. The summed E-state index contributed by atoms with van der Waals surface area (Å²) in [5.74, 6) is 1.44. The molecule has 2 fully saturated rings. The lowest BCUT2D eigenvalue weighted by Crippen LogP contribution is -2.34. The first kappa shape index (κ1) is 16.1. The summed E-state index contributed by atoms with van der Waals surface area (Å²) in [4.78, 5) is 0. The highest BCUT2D eigenvalue weighted by molar-refractivity contribution is 5.47. The molecule has 0 spiro atoms. The lowest BCUT2D eigenvalue weighted by molar-refractivity contribution is 0.102. The second-order valence-corrected chi connectivity index (χ2v) is 6.83. The molecule has 0 amide bonds. The van der Waals surface area contributed by atoms with E-state index < -0.39 is 11.5 Å². The van der Waals surface area contributed by atoms with E-state index in [1.807, 2.05) is 18.2 Å². The van der Waals surface area contributed by atoms with Crippen LogP contribution in [0.1, 0.15) is 56.9 Å². The van der Waals surface area contributed by atoms with E-state index in [2.05, 4.69) is 6.07 Å². The Hall–Kier alpha value is -1.73. The van der Waals surface area contributed by atoms with Crippen LogP contribution in [0.2, 0.25) is 0 Å². The summed E-state index contributed by atoms with van der Waals surface area (Å²) in [5.41, 5.74) is 0.324. The number of methoxy groups -OCH3 is 1. The van der Waals surface area contributed by atoms with E-state index in [0.717, 1.165) is 43.4 Å². The van der Waals surface area contributed by atoms with E-state index in [1.165, 1.54) is 12.8 Å². The van der Waals surface area contributed by atoms with Crippen molar-refractivity contribution < 1.29 is 14.6 Å². The van der Waals surface area contributed by atoms with Gasteiger partial charge in [-0.05, 0) is 69.1 Å². The van der Waals surface area contributed by atoms with E-state index in [0.29, 0.717) is 12.2 Å². The van der Waals surface area contributed by atoms with E-state index in [-0.39, 0.29) is 6.10 Å². The highest BCUT2D eigenvalue weighted by Gasteiger charge is 2.38. The summed E-state index contributed by atoms with van der Waals surface area (Å²) in [5, 5.41) is 19.8. The third kappa shape index (κ3) is 3.30. The molecule has 1 N–H and O–H groups in total. The molecule has 2 aliphatic carbocycles. The van der Waals surface area contributed by atoms with Crippen LogP contribution in [0.15, 0.2) is 18.2 Å². The van der Waals surface area contributed by atoms with Crippen molar-refractivity contribution in [3.8, 4) is 17.6 Å². The summed E-state index contributed by atoms with van der Waals surface area (Å²) in [6.07, 6.45) is 7.37. The molecule has 4 nitrogen and oxygen atoms in total. The fourth-order valence-electron chi connectivity index (χ4n) is 3.93. The molecular weight excluding hydrogens is 290 g/mol. The van der Waals surface area contributed by atoms with E-state index >= 15 is 0 Å². The molecule has 0 bridgehead atoms. The Bertz CT molecular complexity index is 589. The number of benzene rings is 1. The van der Waals surface area contributed by atoms with Gasteiger partial charge in [-0.1, -0.05) is 6.07 Å². The maximum absolute atomic E-state index is 10.0. The molecule has 0 unspecified atom stereocenters. The van der Waals surface area contributed by atoms with Gasteiger partial charge in [-0.3, -0.25) is 0 Å². The van der Waals surface area contributed by atoms with Crippen molar-refractivity contribution in [3.05, 3.63) is 23.8 Å². The van der Waals surface area contributed by atoms with Gasteiger partial charge in [0, 0.05) is 0 Å². The Morgan fingerprint density at radius 2 is 1.96 bits per heavy atom. The molecule has 3 rings (SSSR count). The van der Waals surface area contributed by atoms with Crippen LogP contribution < -0.4 is 9.47 Å². The molecule has 0 aliphatic heterocycles. The highest BCUT2D eigenvalue weighted by Crippen LogP contribution is 2.42. The minimum Gasteiger partial charge on any atom is -0.493 e. The molecule has 0 aromatic heterocycles. The Balaban J connectivity index is 1.91. The minimum atomic E-state index is -0.613. The summed E-state index contributed by atoms with van der Waals surface area (Å²) >= 11 is 0. The number of nitriles is 1. The maximum atomic E-state index is 10.0. The SMILES string of the molecule is COc1ccc([C@]2(C#N)CCC[C@@H](O)C2)cc1OC1CCCC1. The van der Waals surface area contributed by atoms with Crippen molar-refractivity contribution >= 4 is 0 Å². The van der Waals surface area contributed by atoms with Crippen molar-refractivity contribution in [2.24, 2.45) is 0 Å². The van der Waals surface area contributed by atoms with Crippen LogP contribution >= 0.6 is 0 Å². The second-order valence-electron chi connectivity index (χ2n) is 6.83. The molecule has 1 aromatic rings. The van der Waals surface area contributed by atoms with Crippen molar-refractivity contribution in [1.82, 2.24) is 0 Å². The van der Waals surface area contributed by atoms with E-state index in [1.54, 1.807) is 7.11 Å². The monoisotopic (exact) mass is 315 g/mol. The first-order valence-corrected chi connectivity index (χ1v) is 8.61. The zero-order valence-corrected chi connectivity index (χ0v) is 13.8. The summed E-state index contributed by atoms with van der Waals surface area (Å²) in [6.45, 7) is 0. The van der Waals surface area contributed by atoms with Crippen LogP contribution in [0.25, 0.3) is 0 Å². The summed E-state index contributed by atoms with van der Waals surface area (Å²) in [7, 11) is 1.64. The number of hydrogen-bond donors (Lipinski definition) is 1. The van der Waals surface area contributed by atoms with Crippen LogP contribution in [-0.2, 0) is 5.41 Å². The Labute approximate surface area is 138 Å². The van der Waals surface area contributed by atoms with Crippen LogP contribution in [0.5, 0.6) is 11.5 Å². The van der Waals surface area contributed by atoms with Gasteiger partial charge in [0.2, 0.25) is 0 Å². The van der Waals surface area contributed by atoms with Gasteiger partial charge in [-0.25, -0.2) is 0 Å². The molecule has 0 radical (unpaired) electrons. The topological polar surface area (TPSA) is 62.5 Å². The zero-order chi connectivity index (χ0) is 16.3. The fraction of sp³-hybridized carbons (Fsp3) is 0.632. The standard InChI is InChI=1S/C19H25NO3/c1-22-17-9-8-14(11-18(17)23-16-6-2-3-7-16)19(13-20)10-4-5-15(21)12-19/h8-9,11,15-16,21H,2-7,10,12H2,1H3/t15-,19-/m1/s1. The molecule has 0 heterocycles. The van der Waals surface area contributed by atoms with Crippen molar-refractivity contribution in [2.45, 2.75) is 69.0 Å². The Morgan fingerprint density at radius 1 is 1.17 bits per heavy atom. The molecular formula is C19H25NO3. The Kier molecular flexibility index (Phi) is 4.77. The van der Waals surface area contributed by atoms with Gasteiger partial charge in [0.15, 0.2) is 11.5 Å². The number of nitrogens with zero attached hydrogens (tertiary/aromatic N) is 1. The van der Waals surface area contributed by atoms with Crippen molar-refractivity contribution in [3.63, 3.8) is 0 Å². The van der Waals surface area contributed by atoms with Gasteiger partial charge in [0.05, 0.1) is 30.8 Å². The van der Waals surface area contributed by atoms with Gasteiger partial charge < -0.3 is 14.6 Å². The first-order valence-electron chi connectivity index (χ1n) is 8.61. The van der Waals surface area contributed by atoms with Crippen LogP contribution in [-0.4, -0.2) is 24.4 Å². The number of aliphatic hydroxyl groups is 1. The van der Waals surface area contributed by atoms with Gasteiger partial charge in [0.25, 0.3) is 0 Å². The molecule has 124 valence electrons. The average molecular weight is 315 g/mol. The third-order valence-corrected chi connectivity index (χ3v) is 5.25. The molecule has 0 saturated heterocycles. The van der Waals surface area contributed by atoms with Crippen molar-refractivity contribution in [1.29, 1.82) is 5.26 Å². The van der Waals surface area contributed by atoms with Crippen LogP contribution in [0.4, 0.5) is 0 Å². The molecule has 4 heteroatoms. The lowest BCUT2D eigenvalue weighted by Gasteiger charge is -2.34. The first-order chi connectivity index (χ1) is 11.2. The summed E-state index contributed by atoms with van der Waals surface area (Å²) in [6, 6.07) is 8.26. The van der Waals surface area contributed by atoms with Crippen LogP contribution in [0.3, 0.4) is 0 Å². The van der Waals surface area contributed by atoms with E-state index in [4.69, 9.17) is 9.47 Å². The molecule has 2 saturated carbocycles. The smallest absolute Gasteiger partial charge is 0.161 e. The van der Waals surface area contributed by atoms with Gasteiger partial charge >= 0.3 is 0 Å². The molecule has 2 aliphatic rings. The van der Waals surface area contributed by atoms with Gasteiger partial charge in [-0.15, -0.1) is 0 Å². The predicted octanol–water partition coefficient (Wildman–Crippen LogP) is 3.71. The third-order valence-electron chi connectivity index (χ3n) is 5.25. The number of hydrogen-bond acceptors (Lipinski definition) is 4. The number of ether oxygens (including phenoxy) is 2. The largest absolute Gasteiger partial charge is 0.493 e. The Morgan fingerprint density at radius 3 is 2.61 bits per heavy atom. The molecule has 2 atom stereocenters.